The van der Waals surface area contributed by atoms with E-state index in [-0.39, 0.29) is 11.7 Å². The number of para-hydroxylation sites is 2. The molecule has 1 heterocycles. The molecule has 1 unspecified atom stereocenters. The average molecular weight is 490 g/mol. The van der Waals surface area contributed by atoms with Crippen molar-refractivity contribution < 1.29 is 9.53 Å². The first kappa shape index (κ1) is 23.4. The van der Waals surface area contributed by atoms with Crippen molar-refractivity contribution in [2.45, 2.75) is 18.2 Å². The molecule has 0 aliphatic carbocycles. The van der Waals surface area contributed by atoms with E-state index in [1.165, 1.54) is 11.8 Å². The van der Waals surface area contributed by atoms with Crippen LogP contribution in [0, 0.1) is 11.3 Å². The molecule has 9 heteroatoms. The Balaban J connectivity index is 1.53. The summed E-state index contributed by atoms with van der Waals surface area (Å²) in [5, 5.41) is 21.5. The standard InChI is InChI=1S/C25H20ClN5O2S/c1-17(33-22-10-6-5-9-21(22)26)24-29-30-25(31(24)20-7-3-2-4-8-20)34-16-23(32)28-19-13-11-18(15-27)12-14-19/h2-14,17H,16H2,1H3,(H,28,32). The van der Waals surface area contributed by atoms with Crippen LogP contribution in [-0.2, 0) is 4.79 Å². The predicted molar refractivity (Wildman–Crippen MR) is 132 cm³/mol. The number of anilines is 1. The van der Waals surface area contributed by atoms with E-state index in [1.54, 1.807) is 36.4 Å². The zero-order chi connectivity index (χ0) is 23.9. The van der Waals surface area contributed by atoms with Crippen LogP contribution in [0.25, 0.3) is 5.69 Å². The van der Waals surface area contributed by atoms with Crippen LogP contribution >= 0.6 is 23.4 Å². The van der Waals surface area contributed by atoms with Gasteiger partial charge in [-0.25, -0.2) is 0 Å². The van der Waals surface area contributed by atoms with E-state index in [2.05, 4.69) is 21.6 Å². The molecule has 0 aliphatic heterocycles. The van der Waals surface area contributed by atoms with Crippen molar-refractivity contribution in [3.63, 3.8) is 0 Å². The van der Waals surface area contributed by atoms with Crippen LogP contribution in [-0.4, -0.2) is 26.4 Å². The van der Waals surface area contributed by atoms with E-state index in [9.17, 15) is 4.79 Å². The van der Waals surface area contributed by atoms with Crippen molar-refractivity contribution in [3.05, 3.63) is 95.3 Å². The number of carbonyl (C=O) groups is 1. The summed E-state index contributed by atoms with van der Waals surface area (Å²) in [6.45, 7) is 1.87. The molecule has 1 aromatic heterocycles. The number of nitriles is 1. The minimum atomic E-state index is -0.450. The Hall–Kier alpha value is -3.80. The monoisotopic (exact) mass is 489 g/mol. The molecule has 170 valence electrons. The Labute approximate surface area is 206 Å². The fourth-order valence-electron chi connectivity index (χ4n) is 3.20. The van der Waals surface area contributed by atoms with Gasteiger partial charge in [0, 0.05) is 11.4 Å². The van der Waals surface area contributed by atoms with Crippen molar-refractivity contribution in [1.29, 1.82) is 5.26 Å². The Morgan fingerprint density at radius 1 is 1.09 bits per heavy atom. The molecular formula is C25H20ClN5O2S. The molecule has 0 fully saturated rings. The van der Waals surface area contributed by atoms with Gasteiger partial charge in [0.15, 0.2) is 17.1 Å². The molecule has 7 nitrogen and oxygen atoms in total. The predicted octanol–water partition coefficient (Wildman–Crippen LogP) is 5.66. The summed E-state index contributed by atoms with van der Waals surface area (Å²) in [4.78, 5) is 12.5. The summed E-state index contributed by atoms with van der Waals surface area (Å²) in [5.41, 5.74) is 2.01. The van der Waals surface area contributed by atoms with Gasteiger partial charge >= 0.3 is 0 Å². The van der Waals surface area contributed by atoms with Gasteiger partial charge in [0.1, 0.15) is 5.75 Å². The first-order valence-corrected chi connectivity index (χ1v) is 11.8. The van der Waals surface area contributed by atoms with Gasteiger partial charge in [-0.05, 0) is 55.5 Å². The van der Waals surface area contributed by atoms with Gasteiger partial charge in [-0.2, -0.15) is 5.26 Å². The van der Waals surface area contributed by atoms with E-state index in [0.717, 1.165) is 5.69 Å². The second-order valence-corrected chi connectivity index (χ2v) is 8.58. The second kappa shape index (κ2) is 10.9. The number of aromatic nitrogens is 3. The van der Waals surface area contributed by atoms with Gasteiger partial charge in [-0.3, -0.25) is 9.36 Å². The lowest BCUT2D eigenvalue weighted by Gasteiger charge is -2.17. The van der Waals surface area contributed by atoms with Crippen LogP contribution in [0.15, 0.2) is 84.0 Å². The van der Waals surface area contributed by atoms with Gasteiger partial charge in [-0.1, -0.05) is 53.7 Å². The molecule has 1 amide bonds. The maximum Gasteiger partial charge on any atom is 0.234 e. The first-order chi connectivity index (χ1) is 16.5. The highest BCUT2D eigenvalue weighted by molar-refractivity contribution is 7.99. The lowest BCUT2D eigenvalue weighted by atomic mass is 10.2. The summed E-state index contributed by atoms with van der Waals surface area (Å²) in [6, 6.07) is 25.6. The molecule has 0 aliphatic rings. The molecule has 4 aromatic rings. The lowest BCUT2D eigenvalue weighted by Crippen LogP contribution is -2.15. The fraction of sp³-hybridized carbons (Fsp3) is 0.120. The summed E-state index contributed by atoms with van der Waals surface area (Å²) in [6.07, 6.45) is -0.450. The van der Waals surface area contributed by atoms with Crippen LogP contribution in [0.5, 0.6) is 5.75 Å². The minimum Gasteiger partial charge on any atom is -0.481 e. The number of amides is 1. The Kier molecular flexibility index (Phi) is 7.48. The molecule has 1 atom stereocenters. The number of hydrogen-bond donors (Lipinski definition) is 1. The van der Waals surface area contributed by atoms with E-state index in [4.69, 9.17) is 21.6 Å². The molecule has 0 radical (unpaired) electrons. The third kappa shape index (κ3) is 5.57. The summed E-state index contributed by atoms with van der Waals surface area (Å²) in [5.74, 6) is 1.07. The number of hydrogen-bond acceptors (Lipinski definition) is 6. The second-order valence-electron chi connectivity index (χ2n) is 7.23. The molecule has 34 heavy (non-hydrogen) atoms. The highest BCUT2D eigenvalue weighted by Gasteiger charge is 2.22. The highest BCUT2D eigenvalue weighted by Crippen LogP contribution is 2.31. The normalized spacial score (nSPS) is 11.4. The number of carbonyl (C=O) groups excluding carboxylic acids is 1. The van der Waals surface area contributed by atoms with Gasteiger partial charge in [0.2, 0.25) is 5.91 Å². The number of nitrogens with zero attached hydrogens (tertiary/aromatic N) is 4. The van der Waals surface area contributed by atoms with Crippen molar-refractivity contribution >= 4 is 35.0 Å². The van der Waals surface area contributed by atoms with Gasteiger partial charge in [0.25, 0.3) is 0 Å². The number of ether oxygens (including phenoxy) is 1. The van der Waals surface area contributed by atoms with Crippen molar-refractivity contribution in [1.82, 2.24) is 14.8 Å². The Morgan fingerprint density at radius 2 is 1.79 bits per heavy atom. The molecule has 0 saturated carbocycles. The zero-order valence-corrected chi connectivity index (χ0v) is 19.8. The van der Waals surface area contributed by atoms with Crippen LogP contribution in [0.2, 0.25) is 5.02 Å². The molecule has 4 rings (SSSR count). The smallest absolute Gasteiger partial charge is 0.234 e. The SMILES string of the molecule is CC(Oc1ccccc1Cl)c1nnc(SCC(=O)Nc2ccc(C#N)cc2)n1-c1ccccc1. The van der Waals surface area contributed by atoms with E-state index < -0.39 is 6.10 Å². The van der Waals surface area contributed by atoms with E-state index in [0.29, 0.717) is 33.0 Å². The van der Waals surface area contributed by atoms with E-state index >= 15 is 0 Å². The van der Waals surface area contributed by atoms with Gasteiger partial charge < -0.3 is 10.1 Å². The third-order valence-corrected chi connectivity index (χ3v) is 6.05. The van der Waals surface area contributed by atoms with Crippen LogP contribution in [0.4, 0.5) is 5.69 Å². The molecule has 0 spiro atoms. The minimum absolute atomic E-state index is 0.130. The van der Waals surface area contributed by atoms with Gasteiger partial charge in [0.05, 0.1) is 22.4 Å². The maximum absolute atomic E-state index is 12.5. The molecule has 0 saturated heterocycles. The average Bonchev–Trinajstić information content (AvgIpc) is 3.29. The molecule has 0 bridgehead atoms. The zero-order valence-electron chi connectivity index (χ0n) is 18.2. The highest BCUT2D eigenvalue weighted by atomic mass is 35.5. The summed E-state index contributed by atoms with van der Waals surface area (Å²) < 4.78 is 7.94. The first-order valence-electron chi connectivity index (χ1n) is 10.4. The summed E-state index contributed by atoms with van der Waals surface area (Å²) in [7, 11) is 0. The number of rotatable bonds is 8. The van der Waals surface area contributed by atoms with Gasteiger partial charge in [-0.15, -0.1) is 10.2 Å². The number of thioether (sulfide) groups is 1. The van der Waals surface area contributed by atoms with Crippen molar-refractivity contribution in [2.75, 3.05) is 11.1 Å². The maximum atomic E-state index is 12.5. The number of benzene rings is 3. The quantitative estimate of drug-likeness (QED) is 0.321. The molecule has 1 N–H and O–H groups in total. The van der Waals surface area contributed by atoms with Crippen LogP contribution in [0.1, 0.15) is 24.4 Å². The van der Waals surface area contributed by atoms with Crippen LogP contribution < -0.4 is 10.1 Å². The topological polar surface area (TPSA) is 92.8 Å². The van der Waals surface area contributed by atoms with E-state index in [1.807, 2.05) is 54.0 Å². The van der Waals surface area contributed by atoms with Crippen molar-refractivity contribution in [2.24, 2.45) is 0 Å². The Bertz CT molecular complexity index is 1320. The summed E-state index contributed by atoms with van der Waals surface area (Å²) >= 11 is 7.52. The van der Waals surface area contributed by atoms with Crippen molar-refractivity contribution in [3.8, 4) is 17.5 Å². The molecular weight excluding hydrogens is 470 g/mol. The largest absolute Gasteiger partial charge is 0.481 e. The third-order valence-electron chi connectivity index (χ3n) is 4.81. The van der Waals surface area contributed by atoms with Crippen LogP contribution in [0.3, 0.4) is 0 Å². The number of nitrogens with one attached hydrogen (secondary N) is 1. The molecule has 3 aromatic carbocycles. The number of halogens is 1. The lowest BCUT2D eigenvalue weighted by molar-refractivity contribution is -0.113. The fourth-order valence-corrected chi connectivity index (χ4v) is 4.14. The Morgan fingerprint density at radius 3 is 2.50 bits per heavy atom.